The second-order valence-corrected chi connectivity index (χ2v) is 5.63. The molecule has 0 aliphatic heterocycles. The fourth-order valence-corrected chi connectivity index (χ4v) is 2.86. The van der Waals surface area contributed by atoms with Crippen molar-refractivity contribution in [3.63, 3.8) is 0 Å². The van der Waals surface area contributed by atoms with E-state index in [1.165, 1.54) is 19.1 Å². The lowest BCUT2D eigenvalue weighted by atomic mass is 10.2. The SMILES string of the molecule is CC[SiH2]N(CC)CC(C)C. The van der Waals surface area contributed by atoms with Gasteiger partial charge in [-0.2, -0.15) is 0 Å². The molecule has 0 bridgehead atoms. The average Bonchev–Trinajstić information content (AvgIpc) is 1.86. The maximum atomic E-state index is 2.64. The lowest BCUT2D eigenvalue weighted by Gasteiger charge is -2.21. The molecule has 0 amide bonds. The predicted molar refractivity (Wildman–Crippen MR) is 51.1 cm³/mol. The normalized spacial score (nSPS) is 12.6. The van der Waals surface area contributed by atoms with Gasteiger partial charge in [-0.3, -0.25) is 0 Å². The van der Waals surface area contributed by atoms with Crippen LogP contribution in [0.3, 0.4) is 0 Å². The minimum absolute atomic E-state index is 0.126. The smallest absolute Gasteiger partial charge is 0.0947 e. The molecule has 0 heterocycles. The van der Waals surface area contributed by atoms with Crippen LogP contribution in [-0.4, -0.2) is 27.3 Å². The maximum Gasteiger partial charge on any atom is 0.0947 e. The van der Waals surface area contributed by atoms with Crippen molar-refractivity contribution in [1.82, 2.24) is 4.57 Å². The van der Waals surface area contributed by atoms with Gasteiger partial charge in [0.2, 0.25) is 0 Å². The van der Waals surface area contributed by atoms with Crippen LogP contribution in [0.15, 0.2) is 0 Å². The minimum atomic E-state index is 0.126. The van der Waals surface area contributed by atoms with E-state index in [1.807, 2.05) is 0 Å². The van der Waals surface area contributed by atoms with Crippen LogP contribution in [0.4, 0.5) is 0 Å². The Balaban J connectivity index is 3.39. The van der Waals surface area contributed by atoms with E-state index >= 15 is 0 Å². The Kier molecular flexibility index (Phi) is 6.03. The van der Waals surface area contributed by atoms with E-state index in [4.69, 9.17) is 0 Å². The average molecular weight is 159 g/mol. The topological polar surface area (TPSA) is 3.24 Å². The monoisotopic (exact) mass is 159 g/mol. The van der Waals surface area contributed by atoms with Gasteiger partial charge < -0.3 is 4.57 Å². The van der Waals surface area contributed by atoms with Gasteiger partial charge in [-0.05, 0) is 19.0 Å². The van der Waals surface area contributed by atoms with Crippen molar-refractivity contribution in [2.24, 2.45) is 5.92 Å². The summed E-state index contributed by atoms with van der Waals surface area (Å²) in [5, 5.41) is 0. The van der Waals surface area contributed by atoms with Crippen LogP contribution >= 0.6 is 0 Å². The van der Waals surface area contributed by atoms with E-state index < -0.39 is 0 Å². The third-order valence-corrected chi connectivity index (χ3v) is 3.40. The van der Waals surface area contributed by atoms with Gasteiger partial charge in [0.1, 0.15) is 0 Å². The molecule has 0 atom stereocenters. The van der Waals surface area contributed by atoms with E-state index in [-0.39, 0.29) is 9.68 Å². The Labute approximate surface area is 67.7 Å². The van der Waals surface area contributed by atoms with Crippen LogP contribution in [0, 0.1) is 5.92 Å². The number of hydrogen-bond acceptors (Lipinski definition) is 1. The van der Waals surface area contributed by atoms with Crippen LogP contribution in [0.5, 0.6) is 0 Å². The van der Waals surface area contributed by atoms with Crippen molar-refractivity contribution in [1.29, 1.82) is 0 Å². The standard InChI is InChI=1S/C8H21NSi/c1-5-9(10-6-2)7-8(3)4/h8H,5-7,10H2,1-4H3. The molecule has 10 heavy (non-hydrogen) atoms. The summed E-state index contributed by atoms with van der Waals surface area (Å²) in [7, 11) is 0.126. The van der Waals surface area contributed by atoms with E-state index in [0.717, 1.165) is 5.92 Å². The fourth-order valence-electron chi connectivity index (χ4n) is 1.21. The summed E-state index contributed by atoms with van der Waals surface area (Å²) >= 11 is 0. The van der Waals surface area contributed by atoms with Crippen LogP contribution in [0.2, 0.25) is 6.04 Å². The molecule has 2 heteroatoms. The molecule has 0 aromatic rings. The highest BCUT2D eigenvalue weighted by Crippen LogP contribution is 1.97. The Morgan fingerprint density at radius 2 is 1.90 bits per heavy atom. The zero-order valence-corrected chi connectivity index (χ0v) is 9.27. The molecule has 0 aromatic heterocycles. The highest BCUT2D eigenvalue weighted by atomic mass is 28.2. The Morgan fingerprint density at radius 3 is 2.20 bits per heavy atom. The summed E-state index contributed by atoms with van der Waals surface area (Å²) in [6.45, 7) is 11.7. The molecule has 0 rings (SSSR count). The molecule has 0 N–H and O–H groups in total. The van der Waals surface area contributed by atoms with Crippen molar-refractivity contribution in [2.75, 3.05) is 13.1 Å². The van der Waals surface area contributed by atoms with Crippen molar-refractivity contribution in [3.8, 4) is 0 Å². The molecule has 62 valence electrons. The zero-order chi connectivity index (χ0) is 7.98. The molecule has 0 aliphatic rings. The highest BCUT2D eigenvalue weighted by Gasteiger charge is 2.02. The molecule has 0 aromatic carbocycles. The van der Waals surface area contributed by atoms with E-state index in [2.05, 4.69) is 32.3 Å². The van der Waals surface area contributed by atoms with Crippen molar-refractivity contribution < 1.29 is 0 Å². The first-order chi connectivity index (χ1) is 4.70. The molecule has 0 saturated heterocycles. The van der Waals surface area contributed by atoms with Crippen LogP contribution in [-0.2, 0) is 0 Å². The summed E-state index contributed by atoms with van der Waals surface area (Å²) in [5.41, 5.74) is 0. The number of nitrogens with zero attached hydrogens (tertiary/aromatic N) is 1. The first kappa shape index (κ1) is 10.2. The Morgan fingerprint density at radius 1 is 1.30 bits per heavy atom. The molecule has 0 unspecified atom stereocenters. The maximum absolute atomic E-state index is 2.64. The van der Waals surface area contributed by atoms with E-state index in [9.17, 15) is 0 Å². The van der Waals surface area contributed by atoms with E-state index in [1.54, 1.807) is 0 Å². The largest absolute Gasteiger partial charge is 0.329 e. The molecule has 0 fully saturated rings. The van der Waals surface area contributed by atoms with E-state index in [0.29, 0.717) is 0 Å². The lowest BCUT2D eigenvalue weighted by Crippen LogP contribution is -2.30. The van der Waals surface area contributed by atoms with Gasteiger partial charge in [0, 0.05) is 0 Å². The van der Waals surface area contributed by atoms with Crippen LogP contribution in [0.25, 0.3) is 0 Å². The summed E-state index contributed by atoms with van der Waals surface area (Å²) < 4.78 is 2.64. The van der Waals surface area contributed by atoms with Gasteiger partial charge in [-0.1, -0.05) is 33.7 Å². The van der Waals surface area contributed by atoms with Crippen LogP contribution < -0.4 is 0 Å². The zero-order valence-electron chi connectivity index (χ0n) is 7.85. The highest BCUT2D eigenvalue weighted by molar-refractivity contribution is 6.31. The molecule has 0 spiro atoms. The summed E-state index contributed by atoms with van der Waals surface area (Å²) in [5.74, 6) is 0.846. The fraction of sp³-hybridized carbons (Fsp3) is 1.00. The molecule has 1 nitrogen and oxygen atoms in total. The molecular weight excluding hydrogens is 138 g/mol. The van der Waals surface area contributed by atoms with Gasteiger partial charge >= 0.3 is 0 Å². The third kappa shape index (κ3) is 5.00. The Bertz CT molecular complexity index is 73.7. The van der Waals surface area contributed by atoms with Gasteiger partial charge in [0.05, 0.1) is 9.68 Å². The van der Waals surface area contributed by atoms with Gasteiger partial charge in [-0.15, -0.1) is 0 Å². The number of hydrogen-bond donors (Lipinski definition) is 0. The van der Waals surface area contributed by atoms with Crippen molar-refractivity contribution >= 4 is 9.68 Å². The van der Waals surface area contributed by atoms with Gasteiger partial charge in [0.25, 0.3) is 0 Å². The summed E-state index contributed by atoms with van der Waals surface area (Å²) in [6, 6.07) is 1.42. The molecular formula is C8H21NSi. The van der Waals surface area contributed by atoms with Crippen molar-refractivity contribution in [3.05, 3.63) is 0 Å². The first-order valence-electron chi connectivity index (χ1n) is 4.43. The van der Waals surface area contributed by atoms with Crippen molar-refractivity contribution in [2.45, 2.75) is 33.7 Å². The molecule has 0 saturated carbocycles. The summed E-state index contributed by atoms with van der Waals surface area (Å²) in [6.07, 6.45) is 0. The van der Waals surface area contributed by atoms with Crippen LogP contribution in [0.1, 0.15) is 27.7 Å². The number of rotatable bonds is 5. The quantitative estimate of drug-likeness (QED) is 0.549. The van der Waals surface area contributed by atoms with Gasteiger partial charge in [-0.25, -0.2) is 0 Å². The second-order valence-electron chi connectivity index (χ2n) is 3.29. The second kappa shape index (κ2) is 5.92. The minimum Gasteiger partial charge on any atom is -0.329 e. The summed E-state index contributed by atoms with van der Waals surface area (Å²) in [4.78, 5) is 0. The van der Waals surface area contributed by atoms with Gasteiger partial charge in [0.15, 0.2) is 0 Å². The lowest BCUT2D eigenvalue weighted by molar-refractivity contribution is 0.400. The Hall–Kier alpha value is 0.177. The first-order valence-corrected chi connectivity index (χ1v) is 6.06. The third-order valence-electron chi connectivity index (χ3n) is 1.61. The predicted octanol–water partition coefficient (Wildman–Crippen LogP) is 1.49. The molecule has 0 radical (unpaired) electrons. The molecule has 0 aliphatic carbocycles.